The number of benzene rings is 1. The molecule has 0 aliphatic rings. The van der Waals surface area contributed by atoms with Crippen molar-refractivity contribution in [1.82, 2.24) is 9.97 Å². The van der Waals surface area contributed by atoms with Gasteiger partial charge in [0.05, 0.1) is 20.3 Å². The van der Waals surface area contributed by atoms with Crippen LogP contribution in [0.2, 0.25) is 0 Å². The first-order valence-electron chi connectivity index (χ1n) is 10.6. The molecule has 3 rings (SSSR count). The van der Waals surface area contributed by atoms with Gasteiger partial charge >= 0.3 is 0 Å². The summed E-state index contributed by atoms with van der Waals surface area (Å²) >= 11 is 0. The average Bonchev–Trinajstić information content (AvgIpc) is 2.79. The molecule has 0 saturated heterocycles. The van der Waals surface area contributed by atoms with Gasteiger partial charge in [-0.3, -0.25) is 4.79 Å². The second-order valence-electron chi connectivity index (χ2n) is 7.41. The van der Waals surface area contributed by atoms with E-state index in [2.05, 4.69) is 29.9 Å². The highest BCUT2D eigenvalue weighted by atomic mass is 16.5. The average molecular weight is 419 g/mol. The van der Waals surface area contributed by atoms with Crippen LogP contribution in [0, 0.1) is 6.92 Å². The Morgan fingerprint density at radius 3 is 2.32 bits per heavy atom. The molecule has 0 aliphatic heterocycles. The molecule has 0 bridgehead atoms. The molecule has 2 heterocycles. The van der Waals surface area contributed by atoms with Crippen LogP contribution >= 0.6 is 0 Å². The maximum absolute atomic E-state index is 12.7. The summed E-state index contributed by atoms with van der Waals surface area (Å²) in [5.41, 5.74) is 6.44. The van der Waals surface area contributed by atoms with Gasteiger partial charge in [-0.1, -0.05) is 44.2 Å². The number of rotatable bonds is 9. The van der Waals surface area contributed by atoms with Crippen molar-refractivity contribution in [1.29, 1.82) is 0 Å². The van der Waals surface area contributed by atoms with Gasteiger partial charge in [0.2, 0.25) is 5.88 Å². The van der Waals surface area contributed by atoms with Crippen LogP contribution in [0.4, 0.5) is 0 Å². The van der Waals surface area contributed by atoms with Gasteiger partial charge < -0.3 is 14.5 Å². The van der Waals surface area contributed by atoms with E-state index in [9.17, 15) is 4.79 Å². The van der Waals surface area contributed by atoms with Gasteiger partial charge in [-0.05, 0) is 60.7 Å². The Labute approximate surface area is 183 Å². The number of nitrogens with one attached hydrogen (secondary N) is 1. The Bertz CT molecular complexity index is 1100. The minimum atomic E-state index is -0.137. The Balaban J connectivity index is 1.81. The van der Waals surface area contributed by atoms with E-state index in [0.717, 1.165) is 46.5 Å². The number of ether oxygens (including phenoxy) is 2. The second kappa shape index (κ2) is 10.7. The standard InChI is InChI=1S/C26H30N2O3/c1-5-20-14-23(26(30-4)27-18(20)3)13-12-22-15-21(6-2)24(28-25(22)29)17-31-16-19-10-8-7-9-11-19/h7-15H,5-6,16-17H2,1-4H3,(H,28,29)/b13-12+. The van der Waals surface area contributed by atoms with Gasteiger partial charge in [-0.25, -0.2) is 4.98 Å². The maximum Gasteiger partial charge on any atom is 0.255 e. The van der Waals surface area contributed by atoms with E-state index < -0.39 is 0 Å². The predicted octanol–water partition coefficient (Wildman–Crippen LogP) is 5.10. The Hall–Kier alpha value is -3.18. The first kappa shape index (κ1) is 22.5. The lowest BCUT2D eigenvalue weighted by Gasteiger charge is -2.11. The van der Waals surface area contributed by atoms with Crippen molar-refractivity contribution >= 4 is 12.2 Å². The molecule has 162 valence electrons. The van der Waals surface area contributed by atoms with Crippen molar-refractivity contribution in [2.45, 2.75) is 46.8 Å². The summed E-state index contributed by atoms with van der Waals surface area (Å²) in [5, 5.41) is 0. The van der Waals surface area contributed by atoms with E-state index in [4.69, 9.17) is 9.47 Å². The van der Waals surface area contributed by atoms with Gasteiger partial charge in [0.25, 0.3) is 5.56 Å². The molecule has 5 nitrogen and oxygen atoms in total. The number of methoxy groups -OCH3 is 1. The van der Waals surface area contributed by atoms with Crippen LogP contribution in [0.15, 0.2) is 47.3 Å². The van der Waals surface area contributed by atoms with E-state index in [0.29, 0.717) is 24.7 Å². The lowest BCUT2D eigenvalue weighted by Crippen LogP contribution is -2.15. The fraction of sp³-hybridized carbons (Fsp3) is 0.308. The number of aromatic amines is 1. The van der Waals surface area contributed by atoms with Crippen molar-refractivity contribution in [3.8, 4) is 5.88 Å². The van der Waals surface area contributed by atoms with E-state index in [1.165, 1.54) is 0 Å². The van der Waals surface area contributed by atoms with Gasteiger partial charge in [0.1, 0.15) is 0 Å². The van der Waals surface area contributed by atoms with Crippen LogP contribution in [0.5, 0.6) is 5.88 Å². The third-order valence-corrected chi connectivity index (χ3v) is 5.31. The molecular weight excluding hydrogens is 388 g/mol. The fourth-order valence-electron chi connectivity index (χ4n) is 3.51. The molecule has 2 aromatic heterocycles. The van der Waals surface area contributed by atoms with Gasteiger partial charge in [0.15, 0.2) is 0 Å². The molecule has 1 aromatic carbocycles. The highest BCUT2D eigenvalue weighted by molar-refractivity contribution is 5.72. The monoisotopic (exact) mass is 418 g/mol. The summed E-state index contributed by atoms with van der Waals surface area (Å²) in [7, 11) is 1.61. The molecule has 1 N–H and O–H groups in total. The molecule has 0 saturated carbocycles. The van der Waals surface area contributed by atoms with E-state index >= 15 is 0 Å². The summed E-state index contributed by atoms with van der Waals surface area (Å²) in [4.78, 5) is 20.2. The first-order valence-corrected chi connectivity index (χ1v) is 10.6. The normalized spacial score (nSPS) is 11.2. The summed E-state index contributed by atoms with van der Waals surface area (Å²) in [5.74, 6) is 0.559. The highest BCUT2D eigenvalue weighted by Gasteiger charge is 2.09. The zero-order valence-corrected chi connectivity index (χ0v) is 18.7. The highest BCUT2D eigenvalue weighted by Crippen LogP contribution is 2.22. The van der Waals surface area contributed by atoms with Crippen LogP contribution in [-0.2, 0) is 30.8 Å². The molecular formula is C26H30N2O3. The number of hydrogen-bond acceptors (Lipinski definition) is 4. The lowest BCUT2D eigenvalue weighted by atomic mass is 10.1. The number of H-pyrrole nitrogens is 1. The second-order valence-corrected chi connectivity index (χ2v) is 7.41. The smallest absolute Gasteiger partial charge is 0.255 e. The van der Waals surface area contributed by atoms with Crippen molar-refractivity contribution in [3.63, 3.8) is 0 Å². The van der Waals surface area contributed by atoms with E-state index in [-0.39, 0.29) is 5.56 Å². The van der Waals surface area contributed by atoms with Crippen LogP contribution in [0.1, 0.15) is 53.1 Å². The minimum Gasteiger partial charge on any atom is -0.481 e. The molecule has 0 unspecified atom stereocenters. The zero-order chi connectivity index (χ0) is 22.2. The molecule has 0 spiro atoms. The predicted molar refractivity (Wildman–Crippen MR) is 125 cm³/mol. The van der Waals surface area contributed by atoms with Crippen molar-refractivity contribution < 1.29 is 9.47 Å². The molecule has 0 fully saturated rings. The minimum absolute atomic E-state index is 0.137. The molecule has 0 atom stereocenters. The van der Waals surface area contributed by atoms with Crippen molar-refractivity contribution in [3.05, 3.63) is 92.0 Å². The van der Waals surface area contributed by atoms with Crippen LogP contribution in [-0.4, -0.2) is 17.1 Å². The number of aromatic nitrogens is 2. The summed E-state index contributed by atoms with van der Waals surface area (Å²) in [6.45, 7) is 7.02. The summed E-state index contributed by atoms with van der Waals surface area (Å²) in [6.07, 6.45) is 5.40. The molecule has 0 amide bonds. The van der Waals surface area contributed by atoms with E-state index in [1.807, 2.05) is 55.5 Å². The molecule has 0 aliphatic carbocycles. The molecule has 5 heteroatoms. The van der Waals surface area contributed by atoms with Crippen LogP contribution < -0.4 is 10.3 Å². The quantitative estimate of drug-likeness (QED) is 0.525. The third kappa shape index (κ3) is 5.70. The van der Waals surface area contributed by atoms with Gasteiger partial charge in [-0.15, -0.1) is 0 Å². The lowest BCUT2D eigenvalue weighted by molar-refractivity contribution is 0.104. The molecule has 31 heavy (non-hydrogen) atoms. The largest absolute Gasteiger partial charge is 0.481 e. The van der Waals surface area contributed by atoms with E-state index in [1.54, 1.807) is 7.11 Å². The van der Waals surface area contributed by atoms with Gasteiger partial charge in [0, 0.05) is 22.5 Å². The summed E-state index contributed by atoms with van der Waals surface area (Å²) < 4.78 is 11.3. The van der Waals surface area contributed by atoms with Crippen molar-refractivity contribution in [2.24, 2.45) is 0 Å². The Morgan fingerprint density at radius 1 is 0.968 bits per heavy atom. The molecule has 0 radical (unpaired) electrons. The van der Waals surface area contributed by atoms with Gasteiger partial charge in [-0.2, -0.15) is 0 Å². The zero-order valence-electron chi connectivity index (χ0n) is 18.7. The Morgan fingerprint density at radius 2 is 1.65 bits per heavy atom. The summed E-state index contributed by atoms with van der Waals surface area (Å²) in [6, 6.07) is 14.0. The molecule has 3 aromatic rings. The SMILES string of the molecule is CCc1cc(/C=C/c2cc(CC)c(COCc3ccccc3)[nH]c2=O)c(OC)nc1C. The van der Waals surface area contributed by atoms with Crippen molar-refractivity contribution in [2.75, 3.05) is 7.11 Å². The maximum atomic E-state index is 12.7. The number of aryl methyl sites for hydroxylation is 3. The fourth-order valence-corrected chi connectivity index (χ4v) is 3.51. The number of nitrogens with zero attached hydrogens (tertiary/aromatic N) is 1. The number of hydrogen-bond donors (Lipinski definition) is 1. The van der Waals surface area contributed by atoms with Crippen LogP contribution in [0.3, 0.4) is 0 Å². The topological polar surface area (TPSA) is 64.2 Å². The first-order chi connectivity index (χ1) is 15.0. The third-order valence-electron chi connectivity index (χ3n) is 5.31. The number of pyridine rings is 2. The Kier molecular flexibility index (Phi) is 7.79. The van der Waals surface area contributed by atoms with Crippen LogP contribution in [0.25, 0.3) is 12.2 Å².